The van der Waals surface area contributed by atoms with Crippen LogP contribution in [0, 0.1) is 0 Å². The molecule has 4 heteroatoms. The Balaban J connectivity index is 2.04. The average molecular weight is 313 g/mol. The topological polar surface area (TPSA) is 50.7 Å². The Kier molecular flexibility index (Phi) is 4.18. The van der Waals surface area contributed by atoms with Crippen LogP contribution in [0.15, 0.2) is 42.5 Å². The summed E-state index contributed by atoms with van der Waals surface area (Å²) in [5, 5.41) is 13.2. The second kappa shape index (κ2) is 6.13. The Morgan fingerprint density at radius 2 is 1.91 bits per heavy atom. The van der Waals surface area contributed by atoms with Crippen molar-refractivity contribution in [2.24, 2.45) is 0 Å². The van der Waals surface area contributed by atoms with Gasteiger partial charge >= 0.3 is 0 Å². The molecule has 0 saturated heterocycles. The van der Waals surface area contributed by atoms with E-state index in [0.717, 1.165) is 24.1 Å². The van der Waals surface area contributed by atoms with Gasteiger partial charge in [-0.3, -0.25) is 0 Å². The van der Waals surface area contributed by atoms with Gasteiger partial charge in [0.1, 0.15) is 0 Å². The number of hydrogen-bond donors (Lipinski definition) is 2. The number of phenols is 1. The van der Waals surface area contributed by atoms with E-state index >= 15 is 0 Å². The first-order chi connectivity index (χ1) is 11.1. The first-order valence-corrected chi connectivity index (χ1v) is 8.04. The number of phenolic OH excluding ortho intramolecular Hbond substituents is 1. The summed E-state index contributed by atoms with van der Waals surface area (Å²) in [5.41, 5.74) is 2.92. The molecule has 0 spiro atoms. The summed E-state index contributed by atoms with van der Waals surface area (Å²) in [6.45, 7) is 4.31. The lowest BCUT2D eigenvalue weighted by Crippen LogP contribution is -2.37. The molecule has 2 aromatic rings. The van der Waals surface area contributed by atoms with E-state index in [2.05, 4.69) is 31.3 Å². The third kappa shape index (κ3) is 2.63. The first kappa shape index (κ1) is 15.7. The van der Waals surface area contributed by atoms with Gasteiger partial charge in [0.15, 0.2) is 17.7 Å². The van der Waals surface area contributed by atoms with E-state index in [0.29, 0.717) is 5.75 Å². The highest BCUT2D eigenvalue weighted by Crippen LogP contribution is 2.46. The van der Waals surface area contributed by atoms with Crippen molar-refractivity contribution in [3.05, 3.63) is 53.6 Å². The van der Waals surface area contributed by atoms with Crippen molar-refractivity contribution < 1.29 is 14.6 Å². The number of rotatable bonds is 4. The van der Waals surface area contributed by atoms with Crippen LogP contribution in [0.3, 0.4) is 0 Å². The van der Waals surface area contributed by atoms with Crippen LogP contribution in [-0.4, -0.2) is 12.2 Å². The van der Waals surface area contributed by atoms with Crippen molar-refractivity contribution in [2.45, 2.75) is 38.5 Å². The molecule has 3 rings (SSSR count). The van der Waals surface area contributed by atoms with E-state index in [9.17, 15) is 5.11 Å². The first-order valence-electron chi connectivity index (χ1n) is 8.04. The predicted octanol–water partition coefficient (Wildman–Crippen LogP) is 4.56. The molecule has 2 aromatic carbocycles. The molecule has 1 aliphatic rings. The number of anilines is 1. The van der Waals surface area contributed by atoms with E-state index in [1.54, 1.807) is 13.2 Å². The highest BCUT2D eigenvalue weighted by atomic mass is 16.5. The number of ether oxygens (including phenoxy) is 2. The minimum absolute atomic E-state index is 0.129. The number of fused-ring (bicyclic) bond motifs is 1. The van der Waals surface area contributed by atoms with Crippen molar-refractivity contribution in [3.8, 4) is 11.5 Å². The summed E-state index contributed by atoms with van der Waals surface area (Å²) in [7, 11) is 1.55. The molecule has 1 atom stereocenters. The molecule has 0 amide bonds. The maximum atomic E-state index is 9.80. The molecule has 4 nitrogen and oxygen atoms in total. The van der Waals surface area contributed by atoms with Gasteiger partial charge < -0.3 is 19.9 Å². The Labute approximate surface area is 137 Å². The maximum Gasteiger partial charge on any atom is 0.160 e. The van der Waals surface area contributed by atoms with Crippen molar-refractivity contribution in [2.75, 3.05) is 12.4 Å². The van der Waals surface area contributed by atoms with E-state index in [-0.39, 0.29) is 17.6 Å². The lowest BCUT2D eigenvalue weighted by atomic mass is 9.85. The number of nitrogens with one attached hydrogen (secondary N) is 1. The van der Waals surface area contributed by atoms with Gasteiger partial charge in [-0.05, 0) is 31.0 Å². The fourth-order valence-electron chi connectivity index (χ4n) is 3.27. The molecule has 0 radical (unpaired) electrons. The Morgan fingerprint density at radius 3 is 2.61 bits per heavy atom. The quantitative estimate of drug-likeness (QED) is 0.869. The number of aromatic hydroxyl groups is 1. The molecule has 0 bridgehead atoms. The lowest BCUT2D eigenvalue weighted by Gasteiger charge is -2.43. The Morgan fingerprint density at radius 1 is 1.17 bits per heavy atom. The van der Waals surface area contributed by atoms with Crippen LogP contribution >= 0.6 is 0 Å². The fraction of sp³-hybridized carbons (Fsp3) is 0.368. The standard InChI is InChI=1S/C19H23NO3/c1-4-19(5-2)14-8-6-7-9-15(14)20-18(23-19)13-10-11-16(21)17(12-13)22-3/h6-12,18,20-21H,4-5H2,1-3H3. The summed E-state index contributed by atoms with van der Waals surface area (Å²) >= 11 is 0. The third-order valence-corrected chi connectivity index (χ3v) is 4.70. The smallest absolute Gasteiger partial charge is 0.160 e. The van der Waals surface area contributed by atoms with Crippen LogP contribution in [0.4, 0.5) is 5.69 Å². The second-order valence-corrected chi connectivity index (χ2v) is 5.82. The van der Waals surface area contributed by atoms with Gasteiger partial charge in [-0.25, -0.2) is 0 Å². The van der Waals surface area contributed by atoms with E-state index in [1.165, 1.54) is 5.56 Å². The Bertz CT molecular complexity index is 695. The zero-order valence-corrected chi connectivity index (χ0v) is 13.8. The van der Waals surface area contributed by atoms with E-state index in [1.807, 2.05) is 24.3 Å². The molecule has 1 heterocycles. The maximum absolute atomic E-state index is 9.80. The van der Waals surface area contributed by atoms with Crippen molar-refractivity contribution in [1.82, 2.24) is 0 Å². The largest absolute Gasteiger partial charge is 0.504 e. The molecular formula is C19H23NO3. The molecule has 122 valence electrons. The van der Waals surface area contributed by atoms with Crippen LogP contribution < -0.4 is 10.1 Å². The zero-order valence-electron chi connectivity index (χ0n) is 13.8. The average Bonchev–Trinajstić information content (AvgIpc) is 2.61. The summed E-state index contributed by atoms with van der Waals surface area (Å²) in [6.07, 6.45) is 1.52. The van der Waals surface area contributed by atoms with Gasteiger partial charge in [-0.15, -0.1) is 0 Å². The molecular weight excluding hydrogens is 290 g/mol. The van der Waals surface area contributed by atoms with Crippen molar-refractivity contribution in [3.63, 3.8) is 0 Å². The fourth-order valence-corrected chi connectivity index (χ4v) is 3.27. The Hall–Kier alpha value is -2.20. The van der Waals surface area contributed by atoms with Crippen LogP contribution in [0.5, 0.6) is 11.5 Å². The highest BCUT2D eigenvalue weighted by Gasteiger charge is 2.39. The number of hydrogen-bond acceptors (Lipinski definition) is 4. The summed E-state index contributed by atoms with van der Waals surface area (Å²) in [5.74, 6) is 0.579. The monoisotopic (exact) mass is 313 g/mol. The number of benzene rings is 2. The molecule has 1 aliphatic heterocycles. The summed E-state index contributed by atoms with van der Waals surface area (Å²) in [6, 6.07) is 13.6. The zero-order chi connectivity index (χ0) is 16.4. The normalized spacial score (nSPS) is 18.8. The van der Waals surface area contributed by atoms with Gasteiger partial charge in [0.2, 0.25) is 0 Å². The number of methoxy groups -OCH3 is 1. The molecule has 0 saturated carbocycles. The van der Waals surface area contributed by atoms with Crippen molar-refractivity contribution in [1.29, 1.82) is 0 Å². The SMILES string of the molecule is CCC1(CC)OC(c2ccc(O)c(OC)c2)Nc2ccccc21. The van der Waals surface area contributed by atoms with Gasteiger partial charge in [-0.1, -0.05) is 38.1 Å². The predicted molar refractivity (Wildman–Crippen MR) is 90.8 cm³/mol. The van der Waals surface area contributed by atoms with E-state index < -0.39 is 0 Å². The molecule has 0 aliphatic carbocycles. The third-order valence-electron chi connectivity index (χ3n) is 4.70. The lowest BCUT2D eigenvalue weighted by molar-refractivity contribution is -0.103. The van der Waals surface area contributed by atoms with Gasteiger partial charge in [0.25, 0.3) is 0 Å². The minimum Gasteiger partial charge on any atom is -0.504 e. The number of para-hydroxylation sites is 1. The molecule has 1 unspecified atom stereocenters. The van der Waals surface area contributed by atoms with Crippen molar-refractivity contribution >= 4 is 5.69 Å². The molecule has 0 fully saturated rings. The van der Waals surface area contributed by atoms with Gasteiger partial charge in [0.05, 0.1) is 12.7 Å². The van der Waals surface area contributed by atoms with Crippen LogP contribution in [0.25, 0.3) is 0 Å². The van der Waals surface area contributed by atoms with Gasteiger partial charge in [0, 0.05) is 16.8 Å². The van der Waals surface area contributed by atoms with Crippen LogP contribution in [0.2, 0.25) is 0 Å². The highest BCUT2D eigenvalue weighted by molar-refractivity contribution is 5.57. The van der Waals surface area contributed by atoms with Gasteiger partial charge in [-0.2, -0.15) is 0 Å². The summed E-state index contributed by atoms with van der Waals surface area (Å²) < 4.78 is 11.7. The summed E-state index contributed by atoms with van der Waals surface area (Å²) in [4.78, 5) is 0. The molecule has 2 N–H and O–H groups in total. The van der Waals surface area contributed by atoms with Crippen LogP contribution in [-0.2, 0) is 10.3 Å². The molecule has 0 aromatic heterocycles. The van der Waals surface area contributed by atoms with E-state index in [4.69, 9.17) is 9.47 Å². The minimum atomic E-state index is -0.308. The van der Waals surface area contributed by atoms with Crippen LogP contribution in [0.1, 0.15) is 44.0 Å². The molecule has 23 heavy (non-hydrogen) atoms. The second-order valence-electron chi connectivity index (χ2n) is 5.82.